The molecule has 0 saturated carbocycles. The van der Waals surface area contributed by atoms with Gasteiger partial charge in [0.2, 0.25) is 11.8 Å². The SMILES string of the molecule is CCC1CN(C(=O)C(C(F)(F)F)C(F)(F)F)C(CC)CN1. The van der Waals surface area contributed by atoms with Crippen molar-refractivity contribution in [1.82, 2.24) is 10.2 Å². The second kappa shape index (κ2) is 6.41. The summed E-state index contributed by atoms with van der Waals surface area (Å²) >= 11 is 0. The number of piperazine rings is 1. The number of nitrogens with one attached hydrogen (secondary N) is 1. The topological polar surface area (TPSA) is 32.3 Å². The molecule has 0 aromatic carbocycles. The molecule has 2 atom stereocenters. The number of carbonyl (C=O) groups excluding carboxylic acids is 1. The Morgan fingerprint density at radius 3 is 2.05 bits per heavy atom. The monoisotopic (exact) mass is 320 g/mol. The van der Waals surface area contributed by atoms with E-state index < -0.39 is 30.2 Å². The largest absolute Gasteiger partial charge is 0.409 e. The van der Waals surface area contributed by atoms with Crippen LogP contribution in [0.5, 0.6) is 0 Å². The highest BCUT2D eigenvalue weighted by atomic mass is 19.4. The second-order valence-electron chi connectivity index (χ2n) is 5.08. The maximum atomic E-state index is 12.6. The van der Waals surface area contributed by atoms with Gasteiger partial charge in [0, 0.05) is 25.2 Å². The zero-order valence-corrected chi connectivity index (χ0v) is 11.7. The first-order valence-electron chi connectivity index (χ1n) is 6.69. The van der Waals surface area contributed by atoms with Crippen LogP contribution < -0.4 is 5.32 Å². The third-order valence-corrected chi connectivity index (χ3v) is 3.65. The summed E-state index contributed by atoms with van der Waals surface area (Å²) in [5.74, 6) is -5.85. The van der Waals surface area contributed by atoms with E-state index in [-0.39, 0.29) is 25.6 Å². The number of hydrogen-bond acceptors (Lipinski definition) is 2. The molecule has 9 heteroatoms. The lowest BCUT2D eigenvalue weighted by atomic mass is 10.00. The van der Waals surface area contributed by atoms with E-state index in [0.29, 0.717) is 6.42 Å². The minimum atomic E-state index is -5.64. The smallest absolute Gasteiger partial charge is 0.336 e. The van der Waals surface area contributed by atoms with Crippen LogP contribution in [0, 0.1) is 5.92 Å². The summed E-state index contributed by atoms with van der Waals surface area (Å²) in [6.07, 6.45) is -10.5. The summed E-state index contributed by atoms with van der Waals surface area (Å²) in [7, 11) is 0. The molecule has 1 amide bonds. The molecule has 0 aromatic rings. The van der Waals surface area contributed by atoms with Crippen molar-refractivity contribution in [2.45, 2.75) is 51.1 Å². The third-order valence-electron chi connectivity index (χ3n) is 3.65. The molecule has 1 rings (SSSR count). The molecule has 1 aliphatic rings. The lowest BCUT2D eigenvalue weighted by molar-refractivity contribution is -0.278. The van der Waals surface area contributed by atoms with Crippen molar-refractivity contribution < 1.29 is 31.1 Å². The maximum absolute atomic E-state index is 12.6. The lowest BCUT2D eigenvalue weighted by Gasteiger charge is -2.41. The zero-order valence-electron chi connectivity index (χ0n) is 11.7. The molecule has 3 nitrogen and oxygen atoms in total. The van der Waals surface area contributed by atoms with Crippen LogP contribution in [0.4, 0.5) is 26.3 Å². The van der Waals surface area contributed by atoms with E-state index >= 15 is 0 Å². The summed E-state index contributed by atoms with van der Waals surface area (Å²) in [5.41, 5.74) is 0. The minimum absolute atomic E-state index is 0.142. The Balaban J connectivity index is 3.05. The van der Waals surface area contributed by atoms with Gasteiger partial charge in [-0.25, -0.2) is 0 Å². The van der Waals surface area contributed by atoms with Gasteiger partial charge >= 0.3 is 12.4 Å². The summed E-state index contributed by atoms with van der Waals surface area (Å²) < 4.78 is 75.9. The van der Waals surface area contributed by atoms with Gasteiger partial charge in [-0.3, -0.25) is 4.79 Å². The van der Waals surface area contributed by atoms with Crippen LogP contribution in [0.1, 0.15) is 26.7 Å². The van der Waals surface area contributed by atoms with Crippen LogP contribution in [0.25, 0.3) is 0 Å². The van der Waals surface area contributed by atoms with Gasteiger partial charge < -0.3 is 10.2 Å². The van der Waals surface area contributed by atoms with Crippen molar-refractivity contribution in [3.63, 3.8) is 0 Å². The van der Waals surface area contributed by atoms with E-state index in [9.17, 15) is 31.1 Å². The van der Waals surface area contributed by atoms with Gasteiger partial charge in [-0.1, -0.05) is 13.8 Å². The Labute approximate surface area is 118 Å². The van der Waals surface area contributed by atoms with E-state index in [4.69, 9.17) is 0 Å². The van der Waals surface area contributed by atoms with E-state index in [0.717, 1.165) is 4.90 Å². The molecule has 1 saturated heterocycles. The van der Waals surface area contributed by atoms with Crippen molar-refractivity contribution in [1.29, 1.82) is 0 Å². The molecule has 0 aromatic heterocycles. The molecule has 1 N–H and O–H groups in total. The number of amides is 1. The first-order chi connectivity index (χ1) is 9.52. The Kier molecular flexibility index (Phi) is 5.51. The Hall–Kier alpha value is -0.990. The minimum Gasteiger partial charge on any atom is -0.336 e. The molecular weight excluding hydrogens is 302 g/mol. The van der Waals surface area contributed by atoms with Crippen molar-refractivity contribution in [2.24, 2.45) is 5.92 Å². The van der Waals surface area contributed by atoms with Crippen LogP contribution in [0.15, 0.2) is 0 Å². The molecule has 0 aliphatic carbocycles. The van der Waals surface area contributed by atoms with Crippen LogP contribution in [-0.2, 0) is 4.79 Å². The zero-order chi connectivity index (χ0) is 16.4. The fraction of sp³-hybridized carbons (Fsp3) is 0.917. The van der Waals surface area contributed by atoms with E-state index in [2.05, 4.69) is 5.32 Å². The normalized spacial score (nSPS) is 24.5. The van der Waals surface area contributed by atoms with Gasteiger partial charge in [0.15, 0.2) is 0 Å². The number of nitrogens with zero attached hydrogens (tertiary/aromatic N) is 1. The number of hydrogen-bond donors (Lipinski definition) is 1. The predicted molar refractivity (Wildman–Crippen MR) is 63.5 cm³/mol. The molecule has 0 bridgehead atoms. The third kappa shape index (κ3) is 4.24. The highest BCUT2D eigenvalue weighted by Gasteiger charge is 2.62. The molecule has 124 valence electrons. The maximum Gasteiger partial charge on any atom is 0.409 e. The Morgan fingerprint density at radius 1 is 1.14 bits per heavy atom. The van der Waals surface area contributed by atoms with Gasteiger partial charge in [-0.05, 0) is 12.8 Å². The van der Waals surface area contributed by atoms with Gasteiger partial charge in [-0.2, -0.15) is 26.3 Å². The summed E-state index contributed by atoms with van der Waals surface area (Å²) in [5, 5.41) is 3.01. The fourth-order valence-electron chi connectivity index (χ4n) is 2.40. The molecular formula is C12H18F6N2O. The van der Waals surface area contributed by atoms with Crippen LogP contribution in [0.3, 0.4) is 0 Å². The van der Waals surface area contributed by atoms with Crippen molar-refractivity contribution >= 4 is 5.91 Å². The van der Waals surface area contributed by atoms with Crippen LogP contribution in [-0.4, -0.2) is 48.3 Å². The van der Waals surface area contributed by atoms with Gasteiger partial charge in [-0.15, -0.1) is 0 Å². The average Bonchev–Trinajstić information content (AvgIpc) is 2.34. The van der Waals surface area contributed by atoms with E-state index in [1.165, 1.54) is 0 Å². The molecule has 1 fully saturated rings. The molecule has 21 heavy (non-hydrogen) atoms. The number of halogens is 6. The van der Waals surface area contributed by atoms with Crippen molar-refractivity contribution in [3.05, 3.63) is 0 Å². The quantitative estimate of drug-likeness (QED) is 0.811. The summed E-state index contributed by atoms with van der Waals surface area (Å²) in [6, 6.07) is -0.952. The first-order valence-corrected chi connectivity index (χ1v) is 6.69. The fourth-order valence-corrected chi connectivity index (χ4v) is 2.40. The van der Waals surface area contributed by atoms with Gasteiger partial charge in [0.05, 0.1) is 0 Å². The van der Waals surface area contributed by atoms with Gasteiger partial charge in [0.25, 0.3) is 0 Å². The molecule has 0 spiro atoms. The number of carbonyl (C=O) groups is 1. The molecule has 0 radical (unpaired) electrons. The van der Waals surface area contributed by atoms with E-state index in [1.54, 1.807) is 13.8 Å². The lowest BCUT2D eigenvalue weighted by Crippen LogP contribution is -2.61. The highest BCUT2D eigenvalue weighted by Crippen LogP contribution is 2.41. The van der Waals surface area contributed by atoms with Crippen molar-refractivity contribution in [3.8, 4) is 0 Å². The second-order valence-corrected chi connectivity index (χ2v) is 5.08. The summed E-state index contributed by atoms with van der Waals surface area (Å²) in [4.78, 5) is 12.6. The molecule has 2 unspecified atom stereocenters. The molecule has 1 aliphatic heterocycles. The molecule has 1 heterocycles. The number of rotatable bonds is 3. The Bertz CT molecular complexity index is 354. The standard InChI is InChI=1S/C12H18F6N2O/c1-3-7-6-20(8(4-2)5-19-7)10(21)9(11(13,14)15)12(16,17)18/h7-9,19H,3-6H2,1-2H3. The first kappa shape index (κ1) is 18.1. The van der Waals surface area contributed by atoms with Crippen LogP contribution >= 0.6 is 0 Å². The van der Waals surface area contributed by atoms with Crippen LogP contribution in [0.2, 0.25) is 0 Å². The number of alkyl halides is 6. The highest BCUT2D eigenvalue weighted by molar-refractivity contribution is 5.81. The van der Waals surface area contributed by atoms with Gasteiger partial charge in [0.1, 0.15) is 0 Å². The summed E-state index contributed by atoms with van der Waals surface area (Å²) in [6.45, 7) is 3.42. The predicted octanol–water partition coefficient (Wildman–Crippen LogP) is 2.72. The Morgan fingerprint density at radius 2 is 1.67 bits per heavy atom. The van der Waals surface area contributed by atoms with E-state index in [1.807, 2.05) is 0 Å². The van der Waals surface area contributed by atoms with Crippen molar-refractivity contribution in [2.75, 3.05) is 13.1 Å². The average molecular weight is 320 g/mol.